The van der Waals surface area contributed by atoms with E-state index in [-0.39, 0.29) is 6.04 Å². The Labute approximate surface area is 92.0 Å². The van der Waals surface area contributed by atoms with Crippen molar-refractivity contribution in [1.29, 1.82) is 0 Å². The van der Waals surface area contributed by atoms with Crippen molar-refractivity contribution in [1.82, 2.24) is 10.1 Å². The molecule has 0 aliphatic rings. The van der Waals surface area contributed by atoms with E-state index in [1.165, 1.54) is 0 Å². The third-order valence-corrected chi connectivity index (χ3v) is 2.31. The molecule has 4 nitrogen and oxygen atoms in total. The van der Waals surface area contributed by atoms with Crippen LogP contribution in [0, 0.1) is 0 Å². The minimum absolute atomic E-state index is 0.0197. The predicted molar refractivity (Wildman–Crippen MR) is 56.0 cm³/mol. The van der Waals surface area contributed by atoms with Crippen molar-refractivity contribution in [2.75, 3.05) is 0 Å². The molecule has 15 heavy (non-hydrogen) atoms. The van der Waals surface area contributed by atoms with Gasteiger partial charge in [0.15, 0.2) is 6.04 Å². The average Bonchev–Trinajstić information content (AvgIpc) is 2.67. The second-order valence-electron chi connectivity index (χ2n) is 3.34. The maximum Gasteiger partial charge on any atom is 0.284 e. The van der Waals surface area contributed by atoms with Gasteiger partial charge in [-0.3, -0.25) is 0 Å². The van der Waals surface area contributed by atoms with E-state index in [2.05, 4.69) is 15.9 Å². The van der Waals surface area contributed by atoms with Crippen molar-refractivity contribution in [3.63, 3.8) is 0 Å². The minimum Gasteiger partial charge on any atom is -0.348 e. The van der Waals surface area contributed by atoms with Gasteiger partial charge < -0.3 is 10.3 Å². The molecule has 0 saturated heterocycles. The molecule has 0 saturated carbocycles. The molecule has 0 spiro atoms. The summed E-state index contributed by atoms with van der Waals surface area (Å²) in [6, 6.07) is 7.36. The molecule has 1 aromatic heterocycles. The summed E-state index contributed by atoms with van der Waals surface area (Å²) in [6.45, 7) is 1.89. The lowest BCUT2D eigenvalue weighted by Gasteiger charge is -1.96. The van der Waals surface area contributed by atoms with E-state index in [0.717, 1.165) is 5.56 Å². The zero-order valence-corrected chi connectivity index (χ0v) is 9.03. The molecule has 5 heteroatoms. The molecule has 0 amide bonds. The molecule has 0 bridgehead atoms. The number of hydrogen-bond acceptors (Lipinski definition) is 3. The zero-order chi connectivity index (χ0) is 10.8. The summed E-state index contributed by atoms with van der Waals surface area (Å²) in [5, 5.41) is 4.47. The van der Waals surface area contributed by atoms with E-state index in [0.29, 0.717) is 16.7 Å². The normalized spacial score (nSPS) is 12.7. The molecule has 0 radical (unpaired) electrons. The highest BCUT2D eigenvalue weighted by Crippen LogP contribution is 2.25. The number of hydrogen-bond donors (Lipinski definition) is 1. The van der Waals surface area contributed by atoms with Crippen LogP contribution in [-0.4, -0.2) is 10.1 Å². The maximum atomic E-state index is 6.01. The van der Waals surface area contributed by atoms with Crippen LogP contribution >= 0.6 is 11.6 Å². The molecule has 3 N–H and O–H groups in total. The maximum absolute atomic E-state index is 6.01. The number of rotatable bonds is 2. The van der Waals surface area contributed by atoms with Crippen LogP contribution in [0.1, 0.15) is 18.9 Å². The molecule has 78 valence electrons. The Bertz CT molecular complexity index is 467. The molecule has 0 unspecified atom stereocenters. The van der Waals surface area contributed by atoms with E-state index in [4.69, 9.17) is 16.1 Å². The number of aromatic nitrogens is 2. The van der Waals surface area contributed by atoms with Crippen molar-refractivity contribution in [2.45, 2.75) is 13.0 Å². The number of nitrogens with zero attached hydrogens (tertiary/aromatic N) is 2. The summed E-state index contributed by atoms with van der Waals surface area (Å²) in [5.74, 6) is 1.02. The summed E-state index contributed by atoms with van der Waals surface area (Å²) in [4.78, 5) is 4.22. The van der Waals surface area contributed by atoms with Crippen LogP contribution in [0.25, 0.3) is 11.4 Å². The molecular formula is C10H11ClN3O+. The first-order chi connectivity index (χ1) is 7.18. The molecular weight excluding hydrogens is 214 g/mol. The Kier molecular flexibility index (Phi) is 2.70. The van der Waals surface area contributed by atoms with Gasteiger partial charge in [-0.05, 0) is 19.1 Å². The lowest BCUT2D eigenvalue weighted by Crippen LogP contribution is -2.51. The van der Waals surface area contributed by atoms with E-state index in [1.54, 1.807) is 6.07 Å². The van der Waals surface area contributed by atoms with Crippen LogP contribution in [0.5, 0.6) is 0 Å². The van der Waals surface area contributed by atoms with Crippen molar-refractivity contribution in [3.05, 3.63) is 35.2 Å². The third-order valence-electron chi connectivity index (χ3n) is 1.98. The van der Waals surface area contributed by atoms with Gasteiger partial charge in [-0.25, -0.2) is 0 Å². The van der Waals surface area contributed by atoms with Gasteiger partial charge in [0, 0.05) is 5.56 Å². The number of halogens is 1. The minimum atomic E-state index is -0.0197. The Balaban J connectivity index is 2.42. The first-order valence-corrected chi connectivity index (χ1v) is 4.98. The Morgan fingerprint density at radius 2 is 2.13 bits per heavy atom. The van der Waals surface area contributed by atoms with Gasteiger partial charge in [0.25, 0.3) is 5.89 Å². The monoisotopic (exact) mass is 224 g/mol. The van der Waals surface area contributed by atoms with Crippen LogP contribution in [-0.2, 0) is 0 Å². The van der Waals surface area contributed by atoms with Gasteiger partial charge in [-0.2, -0.15) is 4.98 Å². The second kappa shape index (κ2) is 4.00. The quantitative estimate of drug-likeness (QED) is 0.844. The van der Waals surface area contributed by atoms with Crippen LogP contribution in [0.4, 0.5) is 0 Å². The van der Waals surface area contributed by atoms with Crippen LogP contribution in [0.15, 0.2) is 28.8 Å². The highest BCUT2D eigenvalue weighted by Gasteiger charge is 2.15. The smallest absolute Gasteiger partial charge is 0.284 e. The van der Waals surface area contributed by atoms with Crippen LogP contribution in [0.3, 0.4) is 0 Å². The van der Waals surface area contributed by atoms with Crippen molar-refractivity contribution < 1.29 is 10.3 Å². The SMILES string of the molecule is C[C@H]([NH3+])c1nc(-c2ccccc2Cl)no1. The number of benzene rings is 1. The average molecular weight is 225 g/mol. The topological polar surface area (TPSA) is 66.6 Å². The number of quaternary nitrogens is 1. The summed E-state index contributed by atoms with van der Waals surface area (Å²) < 4.78 is 5.05. The fourth-order valence-corrected chi connectivity index (χ4v) is 1.41. The molecule has 1 atom stereocenters. The van der Waals surface area contributed by atoms with Crippen molar-refractivity contribution in [2.24, 2.45) is 0 Å². The van der Waals surface area contributed by atoms with Crippen molar-refractivity contribution in [3.8, 4) is 11.4 Å². The summed E-state index contributed by atoms with van der Waals surface area (Å²) in [6.07, 6.45) is 0. The molecule has 2 aromatic rings. The first kappa shape index (κ1) is 10.1. The highest BCUT2D eigenvalue weighted by molar-refractivity contribution is 6.33. The largest absolute Gasteiger partial charge is 0.348 e. The van der Waals surface area contributed by atoms with Gasteiger partial charge in [-0.15, -0.1) is 0 Å². The van der Waals surface area contributed by atoms with E-state index in [9.17, 15) is 0 Å². The van der Waals surface area contributed by atoms with E-state index >= 15 is 0 Å². The fourth-order valence-electron chi connectivity index (χ4n) is 1.19. The van der Waals surface area contributed by atoms with Gasteiger partial charge in [0.1, 0.15) is 0 Å². The summed E-state index contributed by atoms with van der Waals surface area (Å²) >= 11 is 6.01. The standard InChI is InChI=1S/C10H10ClN3O/c1-6(12)10-13-9(14-15-10)7-4-2-3-5-8(7)11/h2-6H,12H2,1H3/p+1/t6-/m0/s1. The summed E-state index contributed by atoms with van der Waals surface area (Å²) in [7, 11) is 0. The summed E-state index contributed by atoms with van der Waals surface area (Å²) in [5.41, 5.74) is 4.58. The Morgan fingerprint density at radius 1 is 1.40 bits per heavy atom. The molecule has 0 aliphatic heterocycles. The van der Waals surface area contributed by atoms with Gasteiger partial charge >= 0.3 is 0 Å². The van der Waals surface area contributed by atoms with Gasteiger partial charge in [-0.1, -0.05) is 28.9 Å². The molecule has 0 fully saturated rings. The molecule has 0 aliphatic carbocycles. The van der Waals surface area contributed by atoms with Crippen LogP contribution < -0.4 is 5.73 Å². The van der Waals surface area contributed by atoms with Gasteiger partial charge in [0.05, 0.1) is 5.02 Å². The zero-order valence-electron chi connectivity index (χ0n) is 8.27. The first-order valence-electron chi connectivity index (χ1n) is 4.60. The molecule has 1 aromatic carbocycles. The van der Waals surface area contributed by atoms with Crippen LogP contribution in [0.2, 0.25) is 5.02 Å². The fraction of sp³-hybridized carbons (Fsp3) is 0.200. The molecule has 1 heterocycles. The lowest BCUT2D eigenvalue weighted by atomic mass is 10.2. The predicted octanol–water partition coefficient (Wildman–Crippen LogP) is 1.69. The van der Waals surface area contributed by atoms with Crippen molar-refractivity contribution >= 4 is 11.6 Å². The second-order valence-corrected chi connectivity index (χ2v) is 3.74. The highest BCUT2D eigenvalue weighted by atomic mass is 35.5. The van der Waals surface area contributed by atoms with Gasteiger partial charge in [0.2, 0.25) is 5.82 Å². The third kappa shape index (κ3) is 2.00. The Hall–Kier alpha value is -1.39. The van der Waals surface area contributed by atoms with E-state index in [1.807, 2.05) is 25.1 Å². The Morgan fingerprint density at radius 3 is 2.73 bits per heavy atom. The molecule has 2 rings (SSSR count). The van der Waals surface area contributed by atoms with E-state index < -0.39 is 0 Å². The lowest BCUT2D eigenvalue weighted by molar-refractivity contribution is -0.425.